The van der Waals surface area contributed by atoms with Crippen molar-refractivity contribution >= 4 is 15.9 Å². The van der Waals surface area contributed by atoms with Crippen LogP contribution in [-0.2, 0) is 18.0 Å². The summed E-state index contributed by atoms with van der Waals surface area (Å²) in [6.45, 7) is 1.37. The minimum absolute atomic E-state index is 0.0131. The third-order valence-corrected chi connectivity index (χ3v) is 4.24. The molecule has 3 heteroatoms. The third kappa shape index (κ3) is 2.20. The van der Waals surface area contributed by atoms with Gasteiger partial charge in [-0.2, -0.15) is 0 Å². The van der Waals surface area contributed by atoms with Crippen molar-refractivity contribution in [1.29, 1.82) is 0 Å². The zero-order valence-electron chi connectivity index (χ0n) is 9.70. The quantitative estimate of drug-likeness (QED) is 0.750. The molecule has 1 unspecified atom stereocenters. The van der Waals surface area contributed by atoms with Gasteiger partial charge in [0.1, 0.15) is 5.82 Å². The molecule has 0 fully saturated rings. The predicted molar refractivity (Wildman–Crippen MR) is 72.1 cm³/mol. The van der Waals surface area contributed by atoms with Gasteiger partial charge in [0.2, 0.25) is 0 Å². The van der Waals surface area contributed by atoms with Crippen LogP contribution in [0, 0.1) is 5.82 Å². The predicted octanol–water partition coefficient (Wildman–Crippen LogP) is 4.34. The van der Waals surface area contributed by atoms with Crippen molar-refractivity contribution in [3.8, 4) is 0 Å². The Kier molecular flexibility index (Phi) is 3.18. The van der Waals surface area contributed by atoms with Gasteiger partial charge in [-0.05, 0) is 34.4 Å². The second-order valence-corrected chi connectivity index (χ2v) is 5.35. The lowest BCUT2D eigenvalue weighted by Gasteiger charge is -2.12. The van der Waals surface area contributed by atoms with E-state index in [1.165, 1.54) is 17.2 Å². The van der Waals surface area contributed by atoms with E-state index in [0.717, 1.165) is 11.1 Å². The van der Waals surface area contributed by atoms with Crippen LogP contribution in [0.5, 0.6) is 0 Å². The highest BCUT2D eigenvalue weighted by Gasteiger charge is 2.16. The molecular formula is C15H12BrFO. The number of ether oxygens (including phenoxy) is 1. The minimum atomic E-state index is -0.207. The Labute approximate surface area is 114 Å². The first-order valence-corrected chi connectivity index (χ1v) is 6.74. The highest BCUT2D eigenvalue weighted by atomic mass is 79.9. The molecular weight excluding hydrogens is 295 g/mol. The van der Waals surface area contributed by atoms with Crippen LogP contribution in [0.3, 0.4) is 0 Å². The number of hydrogen-bond acceptors (Lipinski definition) is 1. The number of rotatable bonds is 2. The standard InChI is InChI=1S/C15H12BrFO/c16-15(10-2-1-3-14(17)7-10)11-4-5-12-8-18-9-13(12)6-11/h1-7,15H,8-9H2. The van der Waals surface area contributed by atoms with E-state index in [2.05, 4.69) is 34.1 Å². The van der Waals surface area contributed by atoms with Crippen LogP contribution < -0.4 is 0 Å². The van der Waals surface area contributed by atoms with E-state index in [1.807, 2.05) is 6.07 Å². The molecule has 1 aliphatic heterocycles. The lowest BCUT2D eigenvalue weighted by atomic mass is 10.0. The van der Waals surface area contributed by atoms with Gasteiger partial charge in [0.05, 0.1) is 18.0 Å². The van der Waals surface area contributed by atoms with Crippen LogP contribution >= 0.6 is 15.9 Å². The summed E-state index contributed by atoms with van der Waals surface area (Å²) in [4.78, 5) is 0.0131. The molecule has 0 spiro atoms. The van der Waals surface area contributed by atoms with Crippen molar-refractivity contribution in [3.63, 3.8) is 0 Å². The Morgan fingerprint density at radius 2 is 1.78 bits per heavy atom. The van der Waals surface area contributed by atoms with E-state index < -0.39 is 0 Å². The molecule has 0 aromatic heterocycles. The second kappa shape index (κ2) is 4.82. The third-order valence-electron chi connectivity index (χ3n) is 3.18. The fraction of sp³-hybridized carbons (Fsp3) is 0.200. The van der Waals surface area contributed by atoms with E-state index in [4.69, 9.17) is 4.74 Å². The summed E-state index contributed by atoms with van der Waals surface area (Å²) in [6.07, 6.45) is 0. The molecule has 0 saturated carbocycles. The van der Waals surface area contributed by atoms with Crippen molar-refractivity contribution in [2.45, 2.75) is 18.0 Å². The van der Waals surface area contributed by atoms with Gasteiger partial charge >= 0.3 is 0 Å². The molecule has 18 heavy (non-hydrogen) atoms. The highest BCUT2D eigenvalue weighted by Crippen LogP contribution is 2.33. The van der Waals surface area contributed by atoms with Gasteiger partial charge in [0.15, 0.2) is 0 Å². The van der Waals surface area contributed by atoms with Crippen LogP contribution in [0.2, 0.25) is 0 Å². The highest BCUT2D eigenvalue weighted by molar-refractivity contribution is 9.09. The molecule has 0 saturated heterocycles. The summed E-state index contributed by atoms with van der Waals surface area (Å²) in [5, 5.41) is 0. The molecule has 0 amide bonds. The van der Waals surface area contributed by atoms with Gasteiger partial charge in [-0.1, -0.05) is 46.3 Å². The van der Waals surface area contributed by atoms with Crippen LogP contribution in [-0.4, -0.2) is 0 Å². The van der Waals surface area contributed by atoms with E-state index in [-0.39, 0.29) is 10.6 Å². The molecule has 1 aliphatic rings. The topological polar surface area (TPSA) is 9.23 Å². The molecule has 2 aromatic rings. The van der Waals surface area contributed by atoms with Gasteiger partial charge in [0.25, 0.3) is 0 Å². The summed E-state index contributed by atoms with van der Waals surface area (Å²) in [5.74, 6) is -0.207. The summed E-state index contributed by atoms with van der Waals surface area (Å²) in [7, 11) is 0. The maximum absolute atomic E-state index is 13.2. The molecule has 0 aliphatic carbocycles. The zero-order chi connectivity index (χ0) is 12.5. The van der Waals surface area contributed by atoms with E-state index in [0.29, 0.717) is 13.2 Å². The van der Waals surface area contributed by atoms with E-state index in [9.17, 15) is 4.39 Å². The molecule has 92 valence electrons. The molecule has 0 N–H and O–H groups in total. The lowest BCUT2D eigenvalue weighted by Crippen LogP contribution is -1.95. The molecule has 0 radical (unpaired) electrons. The number of benzene rings is 2. The van der Waals surface area contributed by atoms with Crippen LogP contribution in [0.15, 0.2) is 42.5 Å². The number of halogens is 2. The molecule has 0 bridgehead atoms. The number of alkyl halides is 1. The van der Waals surface area contributed by atoms with Gasteiger partial charge in [0, 0.05) is 0 Å². The van der Waals surface area contributed by atoms with Crippen molar-refractivity contribution in [2.24, 2.45) is 0 Å². The van der Waals surface area contributed by atoms with E-state index in [1.54, 1.807) is 12.1 Å². The monoisotopic (exact) mass is 306 g/mol. The summed E-state index contributed by atoms with van der Waals surface area (Å²) in [5.41, 5.74) is 4.53. The summed E-state index contributed by atoms with van der Waals surface area (Å²) >= 11 is 3.63. The van der Waals surface area contributed by atoms with Gasteiger partial charge in [-0.3, -0.25) is 0 Å². The smallest absolute Gasteiger partial charge is 0.123 e. The number of fused-ring (bicyclic) bond motifs is 1. The van der Waals surface area contributed by atoms with Gasteiger partial charge < -0.3 is 4.74 Å². The minimum Gasteiger partial charge on any atom is -0.372 e. The number of hydrogen-bond donors (Lipinski definition) is 0. The lowest BCUT2D eigenvalue weighted by molar-refractivity contribution is 0.134. The Bertz CT molecular complexity index is 582. The zero-order valence-corrected chi connectivity index (χ0v) is 11.3. The molecule has 1 atom stereocenters. The van der Waals surface area contributed by atoms with Crippen molar-refractivity contribution in [2.75, 3.05) is 0 Å². The van der Waals surface area contributed by atoms with Gasteiger partial charge in [-0.25, -0.2) is 4.39 Å². The largest absolute Gasteiger partial charge is 0.372 e. The molecule has 1 nitrogen and oxygen atoms in total. The second-order valence-electron chi connectivity index (χ2n) is 4.44. The first-order valence-electron chi connectivity index (χ1n) is 5.83. The summed E-state index contributed by atoms with van der Waals surface area (Å²) < 4.78 is 18.6. The fourth-order valence-corrected chi connectivity index (χ4v) is 2.78. The Morgan fingerprint density at radius 3 is 2.61 bits per heavy atom. The van der Waals surface area contributed by atoms with Crippen molar-refractivity contribution < 1.29 is 9.13 Å². The fourth-order valence-electron chi connectivity index (χ4n) is 2.21. The average Bonchev–Trinajstić information content (AvgIpc) is 2.85. The van der Waals surface area contributed by atoms with E-state index >= 15 is 0 Å². The first kappa shape index (κ1) is 11.9. The first-order chi connectivity index (χ1) is 8.74. The van der Waals surface area contributed by atoms with Crippen molar-refractivity contribution in [3.05, 3.63) is 70.5 Å². The molecule has 3 rings (SSSR count). The maximum atomic E-state index is 13.2. The Hall–Kier alpha value is -1.19. The van der Waals surface area contributed by atoms with Crippen LogP contribution in [0.4, 0.5) is 4.39 Å². The molecule has 1 heterocycles. The Morgan fingerprint density at radius 1 is 1.00 bits per heavy atom. The van der Waals surface area contributed by atoms with Crippen LogP contribution in [0.25, 0.3) is 0 Å². The average molecular weight is 307 g/mol. The SMILES string of the molecule is Fc1cccc(C(Br)c2ccc3c(c2)COC3)c1. The normalized spacial score (nSPS) is 15.4. The maximum Gasteiger partial charge on any atom is 0.123 e. The van der Waals surface area contributed by atoms with Gasteiger partial charge in [-0.15, -0.1) is 0 Å². The Balaban J connectivity index is 1.95. The van der Waals surface area contributed by atoms with Crippen LogP contribution in [0.1, 0.15) is 27.1 Å². The van der Waals surface area contributed by atoms with Crippen molar-refractivity contribution in [1.82, 2.24) is 0 Å². The summed E-state index contributed by atoms with van der Waals surface area (Å²) in [6, 6.07) is 13.0. The molecule has 2 aromatic carbocycles.